The molecule has 1 aliphatic rings. The minimum Gasteiger partial charge on any atom is -0.450 e. The van der Waals surface area contributed by atoms with Crippen molar-refractivity contribution in [3.63, 3.8) is 0 Å². The molecule has 16 heavy (non-hydrogen) atoms. The van der Waals surface area contributed by atoms with Crippen LogP contribution in [0.25, 0.3) is 0 Å². The molecule has 92 valence electrons. The van der Waals surface area contributed by atoms with Crippen LogP contribution >= 0.6 is 0 Å². The van der Waals surface area contributed by atoms with Crippen molar-refractivity contribution >= 4 is 12.1 Å². The largest absolute Gasteiger partial charge is 0.506 e. The Morgan fingerprint density at radius 1 is 1.69 bits per heavy atom. The van der Waals surface area contributed by atoms with Gasteiger partial charge < -0.3 is 14.9 Å². The van der Waals surface area contributed by atoms with Gasteiger partial charge >= 0.3 is 6.16 Å². The molecule has 1 rings (SSSR count). The number of carbonyl (C=O) groups is 2. The number of hydrogen-bond acceptors (Lipinski definition) is 5. The number of nitrogens with zero attached hydrogens (tertiary/aromatic N) is 1. The van der Waals surface area contributed by atoms with Gasteiger partial charge in [-0.05, 0) is 13.3 Å². The van der Waals surface area contributed by atoms with E-state index in [9.17, 15) is 9.59 Å². The smallest absolute Gasteiger partial charge is 0.450 e. The third-order valence-electron chi connectivity index (χ3n) is 2.16. The second-order valence-electron chi connectivity index (χ2n) is 3.59. The van der Waals surface area contributed by atoms with Gasteiger partial charge in [0.1, 0.15) is 6.10 Å². The first-order valence-electron chi connectivity index (χ1n) is 5.00. The maximum absolute atomic E-state index is 11.4. The number of carboxylic acid groups (broad SMARTS) is 1. The molecular formula is C9H15NO6. The first-order chi connectivity index (χ1) is 7.52. The van der Waals surface area contributed by atoms with Crippen LogP contribution in [-0.2, 0) is 14.4 Å². The number of carbonyl (C=O) groups excluding carboxylic acids is 1. The molecule has 0 aromatic carbocycles. The lowest BCUT2D eigenvalue weighted by Gasteiger charge is -2.20. The summed E-state index contributed by atoms with van der Waals surface area (Å²) in [5.41, 5.74) is 0. The molecular weight excluding hydrogens is 218 g/mol. The Hall–Kier alpha value is -1.34. The molecule has 1 fully saturated rings. The average molecular weight is 233 g/mol. The highest BCUT2D eigenvalue weighted by Gasteiger charge is 2.34. The molecule has 0 aromatic heterocycles. The van der Waals surface area contributed by atoms with E-state index in [4.69, 9.17) is 15.1 Å². The fraction of sp³-hybridized carbons (Fsp3) is 0.778. The van der Waals surface area contributed by atoms with E-state index in [1.54, 1.807) is 6.92 Å². The standard InChI is InChI=1S/C9H15NO6/c1-6(2-3-11)16-10-5-7(4-8(10)12)15-9(13)14/h6-7,11H,2-5H2,1H3,(H,13,14). The monoisotopic (exact) mass is 233 g/mol. The molecule has 1 amide bonds. The van der Waals surface area contributed by atoms with E-state index < -0.39 is 12.3 Å². The van der Waals surface area contributed by atoms with Crippen molar-refractivity contribution in [1.29, 1.82) is 0 Å². The summed E-state index contributed by atoms with van der Waals surface area (Å²) in [6.45, 7) is 1.79. The zero-order valence-electron chi connectivity index (χ0n) is 8.96. The van der Waals surface area contributed by atoms with Gasteiger partial charge in [0.05, 0.1) is 19.1 Å². The molecule has 2 N–H and O–H groups in total. The van der Waals surface area contributed by atoms with Crippen molar-refractivity contribution < 1.29 is 29.4 Å². The predicted octanol–water partition coefficient (Wildman–Crippen LogP) is -0.0156. The number of hydroxylamine groups is 2. The lowest BCUT2D eigenvalue weighted by molar-refractivity contribution is -0.198. The minimum absolute atomic E-state index is 0.00184. The number of aliphatic hydroxyl groups is 1. The molecule has 0 radical (unpaired) electrons. The third kappa shape index (κ3) is 3.67. The molecule has 7 heteroatoms. The molecule has 7 nitrogen and oxygen atoms in total. The Morgan fingerprint density at radius 2 is 2.38 bits per heavy atom. The van der Waals surface area contributed by atoms with Crippen LogP contribution in [0.15, 0.2) is 0 Å². The van der Waals surface area contributed by atoms with Gasteiger partial charge in [-0.25, -0.2) is 9.86 Å². The highest BCUT2D eigenvalue weighted by atomic mass is 16.7. The summed E-state index contributed by atoms with van der Waals surface area (Å²) < 4.78 is 4.48. The quantitative estimate of drug-likeness (QED) is 0.648. The van der Waals surface area contributed by atoms with Crippen LogP contribution in [0.3, 0.4) is 0 Å². The number of aliphatic hydroxyl groups excluding tert-OH is 1. The number of hydrogen-bond donors (Lipinski definition) is 2. The lowest BCUT2D eigenvalue weighted by atomic mass is 10.3. The van der Waals surface area contributed by atoms with E-state index in [0.29, 0.717) is 6.42 Å². The average Bonchev–Trinajstić information content (AvgIpc) is 2.45. The van der Waals surface area contributed by atoms with Crippen LogP contribution in [0.2, 0.25) is 0 Å². The normalized spacial score (nSPS) is 22.2. The van der Waals surface area contributed by atoms with Crippen molar-refractivity contribution in [3.8, 4) is 0 Å². The fourth-order valence-corrected chi connectivity index (χ4v) is 1.42. The first-order valence-corrected chi connectivity index (χ1v) is 5.00. The van der Waals surface area contributed by atoms with Gasteiger partial charge in [-0.15, -0.1) is 0 Å². The van der Waals surface area contributed by atoms with Crippen molar-refractivity contribution in [3.05, 3.63) is 0 Å². The molecule has 2 atom stereocenters. The Morgan fingerprint density at radius 3 is 2.94 bits per heavy atom. The van der Waals surface area contributed by atoms with E-state index in [2.05, 4.69) is 4.74 Å². The summed E-state index contributed by atoms with van der Waals surface area (Å²) in [6.07, 6.45) is -1.96. The van der Waals surface area contributed by atoms with Gasteiger partial charge in [0.25, 0.3) is 0 Å². The van der Waals surface area contributed by atoms with Crippen molar-refractivity contribution in [2.75, 3.05) is 13.2 Å². The van der Waals surface area contributed by atoms with E-state index in [0.717, 1.165) is 5.06 Å². The molecule has 1 heterocycles. The lowest BCUT2D eigenvalue weighted by Crippen LogP contribution is -2.31. The molecule has 2 unspecified atom stereocenters. The van der Waals surface area contributed by atoms with Gasteiger partial charge in [-0.2, -0.15) is 0 Å². The zero-order valence-corrected chi connectivity index (χ0v) is 8.96. The second-order valence-corrected chi connectivity index (χ2v) is 3.59. The van der Waals surface area contributed by atoms with Crippen LogP contribution in [0.4, 0.5) is 4.79 Å². The number of amides is 1. The van der Waals surface area contributed by atoms with E-state index in [1.165, 1.54) is 0 Å². The van der Waals surface area contributed by atoms with Crippen LogP contribution in [0.5, 0.6) is 0 Å². The van der Waals surface area contributed by atoms with Crippen molar-refractivity contribution in [2.24, 2.45) is 0 Å². The predicted molar refractivity (Wildman–Crippen MR) is 51.5 cm³/mol. The van der Waals surface area contributed by atoms with Gasteiger partial charge in [0.15, 0.2) is 0 Å². The SMILES string of the molecule is CC(CCO)ON1CC(OC(=O)O)CC1=O. The minimum atomic E-state index is -1.40. The highest BCUT2D eigenvalue weighted by Crippen LogP contribution is 2.16. The summed E-state index contributed by atoms with van der Waals surface area (Å²) >= 11 is 0. The molecule has 0 spiro atoms. The topological polar surface area (TPSA) is 96.3 Å². The molecule has 0 bridgehead atoms. The fourth-order valence-electron chi connectivity index (χ4n) is 1.42. The summed E-state index contributed by atoms with van der Waals surface area (Å²) in [5, 5.41) is 18.1. The Bertz CT molecular complexity index is 269. The second kappa shape index (κ2) is 5.66. The summed E-state index contributed by atoms with van der Waals surface area (Å²) in [6, 6.07) is 0. The van der Waals surface area contributed by atoms with Crippen LogP contribution in [0.1, 0.15) is 19.8 Å². The van der Waals surface area contributed by atoms with Gasteiger partial charge in [-0.3, -0.25) is 9.63 Å². The summed E-state index contributed by atoms with van der Waals surface area (Å²) in [4.78, 5) is 26.9. The van der Waals surface area contributed by atoms with Crippen LogP contribution in [0, 0.1) is 0 Å². The first kappa shape index (κ1) is 12.7. The Labute approximate surface area is 92.5 Å². The van der Waals surface area contributed by atoms with Gasteiger partial charge in [0.2, 0.25) is 5.91 Å². The Balaban J connectivity index is 2.39. The summed E-state index contributed by atoms with van der Waals surface area (Å²) in [5.74, 6) is -0.309. The van der Waals surface area contributed by atoms with E-state index in [1.807, 2.05) is 0 Å². The summed E-state index contributed by atoms with van der Waals surface area (Å²) in [7, 11) is 0. The molecule has 1 saturated heterocycles. The maximum Gasteiger partial charge on any atom is 0.506 e. The molecule has 0 aliphatic carbocycles. The van der Waals surface area contributed by atoms with Crippen molar-refractivity contribution in [2.45, 2.75) is 32.0 Å². The van der Waals surface area contributed by atoms with Gasteiger partial charge in [0, 0.05) is 6.61 Å². The maximum atomic E-state index is 11.4. The third-order valence-corrected chi connectivity index (χ3v) is 2.16. The van der Waals surface area contributed by atoms with E-state index >= 15 is 0 Å². The van der Waals surface area contributed by atoms with Gasteiger partial charge in [-0.1, -0.05) is 0 Å². The van der Waals surface area contributed by atoms with Crippen molar-refractivity contribution in [1.82, 2.24) is 5.06 Å². The molecule has 0 aromatic rings. The van der Waals surface area contributed by atoms with Crippen LogP contribution in [-0.4, -0.2) is 52.7 Å². The highest BCUT2D eigenvalue weighted by molar-refractivity contribution is 5.78. The van der Waals surface area contributed by atoms with E-state index in [-0.39, 0.29) is 31.6 Å². The Kier molecular flexibility index (Phi) is 4.51. The molecule has 1 aliphatic heterocycles. The number of ether oxygens (including phenoxy) is 1. The molecule has 0 saturated carbocycles. The zero-order chi connectivity index (χ0) is 12.1. The van der Waals surface area contributed by atoms with Crippen LogP contribution < -0.4 is 0 Å². The number of rotatable bonds is 5.